The fourth-order valence-electron chi connectivity index (χ4n) is 3.56. The van der Waals surface area contributed by atoms with Crippen molar-refractivity contribution in [3.8, 4) is 16.9 Å². The van der Waals surface area contributed by atoms with Gasteiger partial charge in [-0.25, -0.2) is 9.78 Å². The highest BCUT2D eigenvalue weighted by Crippen LogP contribution is 2.30. The van der Waals surface area contributed by atoms with Crippen LogP contribution in [-0.2, 0) is 7.05 Å². The van der Waals surface area contributed by atoms with Crippen molar-refractivity contribution >= 4 is 16.9 Å². The van der Waals surface area contributed by atoms with Crippen LogP contribution >= 0.6 is 0 Å². The first-order chi connectivity index (χ1) is 15.4. The molecule has 0 bridgehead atoms. The van der Waals surface area contributed by atoms with Crippen molar-refractivity contribution in [1.29, 1.82) is 0 Å². The Morgan fingerprint density at radius 1 is 1.12 bits per heavy atom. The van der Waals surface area contributed by atoms with Crippen LogP contribution in [0, 0.1) is 0 Å². The molecule has 2 aromatic carbocycles. The van der Waals surface area contributed by atoms with Crippen molar-refractivity contribution in [1.82, 2.24) is 19.9 Å². The van der Waals surface area contributed by atoms with Crippen LogP contribution in [0.1, 0.15) is 28.9 Å². The van der Waals surface area contributed by atoms with Gasteiger partial charge in [-0.05, 0) is 30.2 Å². The number of hydrogen-bond donors (Lipinski definition) is 2. The lowest BCUT2D eigenvalue weighted by Gasteiger charge is -2.16. The lowest BCUT2D eigenvalue weighted by atomic mass is 10.0. The number of amides is 1. The van der Waals surface area contributed by atoms with Crippen LogP contribution in [0.3, 0.4) is 0 Å². The van der Waals surface area contributed by atoms with Gasteiger partial charge in [0.1, 0.15) is 11.4 Å². The first kappa shape index (κ1) is 21.0. The van der Waals surface area contributed by atoms with Gasteiger partial charge >= 0.3 is 5.69 Å². The van der Waals surface area contributed by atoms with Gasteiger partial charge in [-0.15, -0.1) is 0 Å². The molecule has 2 heterocycles. The van der Waals surface area contributed by atoms with E-state index in [1.54, 1.807) is 7.11 Å². The Morgan fingerprint density at radius 2 is 1.84 bits per heavy atom. The zero-order valence-corrected chi connectivity index (χ0v) is 17.9. The smallest absolute Gasteiger partial charge is 0.329 e. The molecule has 0 aliphatic rings. The van der Waals surface area contributed by atoms with E-state index >= 15 is 0 Å². The number of ether oxygens (including phenoxy) is 1. The summed E-state index contributed by atoms with van der Waals surface area (Å²) in [6.45, 7) is 1.88. The maximum Gasteiger partial charge on any atom is 0.329 e. The zero-order valence-electron chi connectivity index (χ0n) is 17.9. The first-order valence-corrected chi connectivity index (χ1v) is 10.0. The van der Waals surface area contributed by atoms with Crippen LogP contribution in [0.5, 0.6) is 5.75 Å². The van der Waals surface area contributed by atoms with Gasteiger partial charge in [0.15, 0.2) is 0 Å². The van der Waals surface area contributed by atoms with E-state index in [2.05, 4.69) is 15.3 Å². The van der Waals surface area contributed by atoms with Crippen molar-refractivity contribution in [3.63, 3.8) is 0 Å². The molecule has 0 fully saturated rings. The number of rotatable bonds is 5. The highest BCUT2D eigenvalue weighted by atomic mass is 16.5. The highest BCUT2D eigenvalue weighted by Gasteiger charge is 2.15. The number of nitrogens with zero attached hydrogens (tertiary/aromatic N) is 2. The molecule has 1 unspecified atom stereocenters. The number of fused-ring (bicyclic) bond motifs is 1. The molecule has 0 aliphatic heterocycles. The molecule has 1 atom stereocenters. The maximum atomic E-state index is 12.8. The average Bonchev–Trinajstić information content (AvgIpc) is 2.82. The van der Waals surface area contributed by atoms with Crippen LogP contribution < -0.4 is 21.3 Å². The summed E-state index contributed by atoms with van der Waals surface area (Å²) in [6.07, 6.45) is 1.36. The van der Waals surface area contributed by atoms with Crippen LogP contribution in [0.2, 0.25) is 0 Å². The second-order valence-corrected chi connectivity index (χ2v) is 7.43. The lowest BCUT2D eigenvalue weighted by molar-refractivity contribution is 0.0939. The average molecular weight is 430 g/mol. The van der Waals surface area contributed by atoms with Crippen LogP contribution in [0.15, 0.2) is 70.4 Å². The first-order valence-electron chi connectivity index (χ1n) is 10.0. The van der Waals surface area contributed by atoms with Crippen LogP contribution in [0.4, 0.5) is 0 Å². The molecule has 32 heavy (non-hydrogen) atoms. The van der Waals surface area contributed by atoms with Gasteiger partial charge in [0.2, 0.25) is 0 Å². The number of methoxy groups -OCH3 is 1. The SMILES string of the molecule is COc1ccccc1-c1ccc(C(C)NC(=O)c2cnc3c(c2)c(=O)[nH]c(=O)n3C)cc1. The third kappa shape index (κ3) is 3.90. The Bertz CT molecular complexity index is 1420. The molecule has 8 nitrogen and oxygen atoms in total. The Hall–Kier alpha value is -4.20. The quantitative estimate of drug-likeness (QED) is 0.506. The molecule has 0 spiro atoms. The number of hydrogen-bond acceptors (Lipinski definition) is 5. The summed E-state index contributed by atoms with van der Waals surface area (Å²) in [5.74, 6) is 0.423. The third-order valence-corrected chi connectivity index (χ3v) is 5.39. The molecular weight excluding hydrogens is 408 g/mol. The summed E-state index contributed by atoms with van der Waals surface area (Å²) in [5, 5.41) is 3.09. The molecule has 8 heteroatoms. The number of benzene rings is 2. The van der Waals surface area contributed by atoms with Crippen LogP contribution in [0.25, 0.3) is 22.2 Å². The summed E-state index contributed by atoms with van der Waals surface area (Å²) < 4.78 is 6.65. The second-order valence-electron chi connectivity index (χ2n) is 7.43. The number of carbonyl (C=O) groups is 1. The van der Waals surface area contributed by atoms with Gasteiger partial charge < -0.3 is 10.1 Å². The van der Waals surface area contributed by atoms with Crippen LogP contribution in [-0.4, -0.2) is 27.6 Å². The molecule has 0 saturated heterocycles. The van der Waals surface area contributed by atoms with Crippen molar-refractivity contribution in [2.45, 2.75) is 13.0 Å². The Morgan fingerprint density at radius 3 is 2.56 bits per heavy atom. The van der Waals surface area contributed by atoms with Crippen molar-refractivity contribution < 1.29 is 9.53 Å². The predicted octanol–water partition coefficient (Wildman–Crippen LogP) is 2.79. The minimum atomic E-state index is -0.578. The number of para-hydroxylation sites is 1. The summed E-state index contributed by atoms with van der Waals surface area (Å²) in [4.78, 5) is 42.9. The van der Waals surface area contributed by atoms with Gasteiger partial charge in [-0.2, -0.15) is 0 Å². The molecule has 162 valence electrons. The van der Waals surface area contributed by atoms with Gasteiger partial charge in [-0.1, -0.05) is 42.5 Å². The van der Waals surface area contributed by atoms with Crippen molar-refractivity contribution in [3.05, 3.63) is 92.8 Å². The van der Waals surface area contributed by atoms with E-state index in [9.17, 15) is 14.4 Å². The molecule has 2 N–H and O–H groups in total. The minimum Gasteiger partial charge on any atom is -0.496 e. The summed E-state index contributed by atoms with van der Waals surface area (Å²) in [6, 6.07) is 16.8. The van der Waals surface area contributed by atoms with E-state index in [0.29, 0.717) is 0 Å². The lowest BCUT2D eigenvalue weighted by Crippen LogP contribution is -2.30. The molecule has 0 aliphatic carbocycles. The van der Waals surface area contributed by atoms with E-state index in [1.165, 1.54) is 23.9 Å². The molecular formula is C24H22N4O4. The largest absolute Gasteiger partial charge is 0.496 e. The maximum absolute atomic E-state index is 12.8. The number of pyridine rings is 1. The summed E-state index contributed by atoms with van der Waals surface area (Å²) >= 11 is 0. The zero-order chi connectivity index (χ0) is 22.8. The number of H-pyrrole nitrogens is 1. The van der Waals surface area contributed by atoms with Gasteiger partial charge in [0, 0.05) is 18.8 Å². The molecule has 4 aromatic rings. The van der Waals surface area contributed by atoms with Gasteiger partial charge in [0.05, 0.1) is 24.1 Å². The number of aryl methyl sites for hydroxylation is 1. The number of nitrogens with one attached hydrogen (secondary N) is 2. The second kappa shape index (κ2) is 8.50. The third-order valence-electron chi connectivity index (χ3n) is 5.39. The number of aromatic nitrogens is 3. The van der Waals surface area contributed by atoms with E-state index in [0.717, 1.165) is 22.4 Å². The summed E-state index contributed by atoms with van der Waals surface area (Å²) in [5.41, 5.74) is 2.23. The minimum absolute atomic E-state index is 0.175. The number of aromatic amines is 1. The summed E-state index contributed by atoms with van der Waals surface area (Å²) in [7, 11) is 3.14. The van der Waals surface area contributed by atoms with E-state index in [1.807, 2.05) is 55.5 Å². The molecule has 2 aromatic heterocycles. The van der Waals surface area contributed by atoms with E-state index in [-0.39, 0.29) is 28.5 Å². The van der Waals surface area contributed by atoms with E-state index < -0.39 is 11.2 Å². The van der Waals surface area contributed by atoms with Gasteiger partial charge in [0.25, 0.3) is 11.5 Å². The molecule has 0 radical (unpaired) electrons. The monoisotopic (exact) mass is 430 g/mol. The standard InChI is InChI=1S/C24H22N4O4/c1-14(15-8-10-16(11-9-15)18-6-4-5-7-20(18)32-3)26-22(29)17-12-19-21(25-13-17)28(2)24(31)27-23(19)30/h4-14H,1-3H3,(H,26,29)(H,27,30,31). The fourth-order valence-corrected chi connectivity index (χ4v) is 3.56. The number of carbonyl (C=O) groups excluding carboxylic acids is 1. The van der Waals surface area contributed by atoms with Gasteiger partial charge in [-0.3, -0.25) is 19.1 Å². The molecule has 4 rings (SSSR count). The molecule has 0 saturated carbocycles. The predicted molar refractivity (Wildman–Crippen MR) is 122 cm³/mol. The fraction of sp³-hybridized carbons (Fsp3) is 0.167. The Balaban J connectivity index is 1.55. The Labute approximate surface area is 183 Å². The van der Waals surface area contributed by atoms with Crippen molar-refractivity contribution in [2.24, 2.45) is 7.05 Å². The normalized spacial score (nSPS) is 11.8. The van der Waals surface area contributed by atoms with Crippen molar-refractivity contribution in [2.75, 3.05) is 7.11 Å². The Kier molecular flexibility index (Phi) is 5.59. The molecule has 1 amide bonds. The topological polar surface area (TPSA) is 106 Å². The van der Waals surface area contributed by atoms with E-state index in [4.69, 9.17) is 4.74 Å². The highest BCUT2D eigenvalue weighted by molar-refractivity contribution is 5.96.